The highest BCUT2D eigenvalue weighted by Crippen LogP contribution is 2.07. The predicted octanol–water partition coefficient (Wildman–Crippen LogP) is 0.216. The number of hydrogen-bond donors (Lipinski definition) is 1. The van der Waals surface area contributed by atoms with Crippen LogP contribution < -0.4 is 4.57 Å². The number of rotatable bonds is 4. The molecule has 0 saturated carbocycles. The average molecular weight is 223 g/mol. The highest BCUT2D eigenvalue weighted by Gasteiger charge is 2.16. The van der Waals surface area contributed by atoms with Gasteiger partial charge in [-0.1, -0.05) is 5.16 Å². The molecule has 1 aliphatic heterocycles. The van der Waals surface area contributed by atoms with Gasteiger partial charge in [0.25, 0.3) is 0 Å². The van der Waals surface area contributed by atoms with Crippen molar-refractivity contribution >= 4 is 6.21 Å². The molecule has 0 spiro atoms. The topological polar surface area (TPSA) is 44.6 Å². The largest absolute Gasteiger partial charge is 0.411 e. The zero-order valence-corrected chi connectivity index (χ0v) is 9.71. The molecular weight excluding hydrogens is 204 g/mol. The smallest absolute Gasteiger partial charge is 0.303 e. The Morgan fingerprint density at radius 2 is 2.19 bits per heavy atom. The summed E-state index contributed by atoms with van der Waals surface area (Å²) in [5.41, 5.74) is 0. The second-order valence-electron chi connectivity index (χ2n) is 4.25. The number of nitrogens with zero attached hydrogens (tertiary/aromatic N) is 4. The van der Waals surface area contributed by atoms with Crippen LogP contribution in [0, 0.1) is 0 Å². The van der Waals surface area contributed by atoms with Crippen LogP contribution in [0.2, 0.25) is 0 Å². The Labute approximate surface area is 95.6 Å². The first-order valence-corrected chi connectivity index (χ1v) is 5.76. The van der Waals surface area contributed by atoms with E-state index in [-0.39, 0.29) is 0 Å². The summed E-state index contributed by atoms with van der Waals surface area (Å²) in [4.78, 5) is 2.47. The van der Waals surface area contributed by atoms with E-state index < -0.39 is 0 Å². The van der Waals surface area contributed by atoms with E-state index in [1.807, 2.05) is 24.0 Å². The molecule has 1 saturated heterocycles. The van der Waals surface area contributed by atoms with E-state index in [0.717, 1.165) is 18.9 Å². The van der Waals surface area contributed by atoms with Crippen LogP contribution in [0.3, 0.4) is 0 Å². The molecule has 0 unspecified atom stereocenters. The molecule has 16 heavy (non-hydrogen) atoms. The summed E-state index contributed by atoms with van der Waals surface area (Å²) in [6, 6.07) is 0. The highest BCUT2D eigenvalue weighted by atomic mass is 16.4. The fraction of sp³-hybridized carbons (Fsp3) is 0.636. The van der Waals surface area contributed by atoms with E-state index in [0.29, 0.717) is 0 Å². The van der Waals surface area contributed by atoms with E-state index in [1.165, 1.54) is 32.1 Å². The monoisotopic (exact) mass is 223 g/mol. The van der Waals surface area contributed by atoms with Crippen molar-refractivity contribution in [3.8, 4) is 0 Å². The summed E-state index contributed by atoms with van der Waals surface area (Å²) in [6.45, 7) is 4.46. The lowest BCUT2D eigenvalue weighted by Crippen LogP contribution is -2.33. The lowest BCUT2D eigenvalue weighted by atomic mass is 10.4. The van der Waals surface area contributed by atoms with Crippen molar-refractivity contribution in [2.24, 2.45) is 12.2 Å². The first-order valence-electron chi connectivity index (χ1n) is 5.76. The third kappa shape index (κ3) is 2.41. The van der Waals surface area contributed by atoms with E-state index in [4.69, 9.17) is 5.21 Å². The summed E-state index contributed by atoms with van der Waals surface area (Å²) < 4.78 is 4.06. The Morgan fingerprint density at radius 3 is 2.88 bits per heavy atom. The molecule has 0 radical (unpaired) electrons. The molecule has 0 aromatic carbocycles. The fourth-order valence-electron chi connectivity index (χ4n) is 2.20. The predicted molar refractivity (Wildman–Crippen MR) is 60.7 cm³/mol. The van der Waals surface area contributed by atoms with Gasteiger partial charge in [0.15, 0.2) is 6.21 Å². The molecule has 1 aliphatic rings. The normalized spacial score (nSPS) is 17.6. The summed E-state index contributed by atoms with van der Waals surface area (Å²) in [5.74, 6) is 0.918. The van der Waals surface area contributed by atoms with Gasteiger partial charge < -0.3 is 5.21 Å². The van der Waals surface area contributed by atoms with Gasteiger partial charge in [0.1, 0.15) is 18.9 Å². The molecular formula is C11H19N4O+. The SMILES string of the molecule is C[n+]1ccn(CCN2CCCC2)c1/C=N/O. The van der Waals surface area contributed by atoms with Crippen LogP contribution >= 0.6 is 0 Å². The molecule has 0 aliphatic carbocycles. The Kier molecular flexibility index (Phi) is 3.56. The highest BCUT2D eigenvalue weighted by molar-refractivity contribution is 5.72. The van der Waals surface area contributed by atoms with Crippen molar-refractivity contribution in [3.05, 3.63) is 18.2 Å². The van der Waals surface area contributed by atoms with Gasteiger partial charge in [-0.25, -0.2) is 9.13 Å². The minimum atomic E-state index is 0.918. The summed E-state index contributed by atoms with van der Waals surface area (Å²) in [6.07, 6.45) is 8.12. The molecule has 5 nitrogen and oxygen atoms in total. The molecule has 2 rings (SSSR count). The van der Waals surface area contributed by atoms with Crippen LogP contribution in [-0.2, 0) is 13.6 Å². The molecule has 0 atom stereocenters. The fourth-order valence-corrected chi connectivity index (χ4v) is 2.20. The second-order valence-corrected chi connectivity index (χ2v) is 4.25. The molecule has 1 fully saturated rings. The number of aryl methyl sites for hydroxylation is 1. The first-order chi connectivity index (χ1) is 7.81. The number of likely N-dealkylation sites (tertiary alicyclic amines) is 1. The molecule has 1 aromatic rings. The van der Waals surface area contributed by atoms with Crippen LogP contribution in [0.25, 0.3) is 0 Å². The zero-order chi connectivity index (χ0) is 11.4. The van der Waals surface area contributed by atoms with E-state index in [2.05, 4.69) is 14.6 Å². The van der Waals surface area contributed by atoms with E-state index in [1.54, 1.807) is 0 Å². The van der Waals surface area contributed by atoms with Gasteiger partial charge in [0.2, 0.25) is 0 Å². The molecule has 2 heterocycles. The quantitative estimate of drug-likeness (QED) is 0.343. The average Bonchev–Trinajstić information content (AvgIpc) is 2.89. The molecule has 1 aromatic heterocycles. The maximum atomic E-state index is 8.60. The lowest BCUT2D eigenvalue weighted by molar-refractivity contribution is -0.671. The molecule has 1 N–H and O–H groups in total. The summed E-state index contributed by atoms with van der Waals surface area (Å²) in [5, 5.41) is 11.7. The number of imidazole rings is 1. The van der Waals surface area contributed by atoms with Crippen LogP contribution in [0.15, 0.2) is 17.5 Å². The van der Waals surface area contributed by atoms with Crippen LogP contribution in [0.4, 0.5) is 0 Å². The van der Waals surface area contributed by atoms with E-state index in [9.17, 15) is 0 Å². The minimum Gasteiger partial charge on any atom is -0.411 e. The van der Waals surface area contributed by atoms with Crippen molar-refractivity contribution in [2.45, 2.75) is 19.4 Å². The third-order valence-corrected chi connectivity index (χ3v) is 3.15. The van der Waals surface area contributed by atoms with Crippen molar-refractivity contribution in [2.75, 3.05) is 19.6 Å². The summed E-state index contributed by atoms with van der Waals surface area (Å²) >= 11 is 0. The van der Waals surface area contributed by atoms with Gasteiger partial charge in [-0.3, -0.25) is 4.90 Å². The lowest BCUT2D eigenvalue weighted by Gasteiger charge is -2.12. The van der Waals surface area contributed by atoms with Crippen molar-refractivity contribution in [1.82, 2.24) is 9.47 Å². The third-order valence-electron chi connectivity index (χ3n) is 3.15. The van der Waals surface area contributed by atoms with Crippen molar-refractivity contribution in [1.29, 1.82) is 0 Å². The van der Waals surface area contributed by atoms with E-state index >= 15 is 0 Å². The molecule has 88 valence electrons. The first kappa shape index (κ1) is 11.1. The van der Waals surface area contributed by atoms with Crippen molar-refractivity contribution in [3.63, 3.8) is 0 Å². The van der Waals surface area contributed by atoms with Gasteiger partial charge in [-0.05, 0) is 25.9 Å². The second kappa shape index (κ2) is 5.12. The maximum absolute atomic E-state index is 8.60. The van der Waals surface area contributed by atoms with Crippen LogP contribution in [0.1, 0.15) is 18.7 Å². The van der Waals surface area contributed by atoms with Gasteiger partial charge in [-0.2, -0.15) is 0 Å². The Morgan fingerprint density at radius 1 is 1.44 bits per heavy atom. The Balaban J connectivity index is 1.97. The standard InChI is InChI=1S/C11H18N4O/c1-13-6-8-15(11(13)10-12-16)9-7-14-4-2-3-5-14/h6,8,10H,2-5,7,9H2,1H3/p+1. The number of aromatic nitrogens is 2. The molecule has 0 amide bonds. The maximum Gasteiger partial charge on any atom is 0.303 e. The van der Waals surface area contributed by atoms with Gasteiger partial charge in [0.05, 0.1) is 7.05 Å². The van der Waals surface area contributed by atoms with Crippen LogP contribution in [-0.4, -0.2) is 40.5 Å². The molecule has 0 bridgehead atoms. The Bertz CT molecular complexity index is 366. The summed E-state index contributed by atoms with van der Waals surface area (Å²) in [7, 11) is 1.95. The zero-order valence-electron chi connectivity index (χ0n) is 9.71. The van der Waals surface area contributed by atoms with Crippen molar-refractivity contribution < 1.29 is 9.77 Å². The van der Waals surface area contributed by atoms with Gasteiger partial charge in [-0.15, -0.1) is 0 Å². The Hall–Kier alpha value is -1.36. The molecule has 5 heteroatoms. The number of hydrogen-bond acceptors (Lipinski definition) is 3. The number of oxime groups is 1. The van der Waals surface area contributed by atoms with Crippen LogP contribution in [0.5, 0.6) is 0 Å². The van der Waals surface area contributed by atoms with Gasteiger partial charge in [0, 0.05) is 6.54 Å². The van der Waals surface area contributed by atoms with Gasteiger partial charge >= 0.3 is 5.82 Å². The minimum absolute atomic E-state index is 0.918.